The van der Waals surface area contributed by atoms with Crippen molar-refractivity contribution in [1.82, 2.24) is 4.72 Å². The normalized spacial score (nSPS) is 13.9. The number of thioether (sulfide) groups is 1. The number of fused-ring (bicyclic) bond motifs is 1. The molecular formula is C18H18F2N2O3S2. The molecule has 1 aliphatic rings. The van der Waals surface area contributed by atoms with E-state index in [1.807, 2.05) is 0 Å². The largest absolute Gasteiger partial charge is 0.326 e. The van der Waals surface area contributed by atoms with Crippen LogP contribution in [0.3, 0.4) is 0 Å². The lowest BCUT2D eigenvalue weighted by Crippen LogP contribution is -2.28. The Morgan fingerprint density at radius 2 is 1.89 bits per heavy atom. The summed E-state index contributed by atoms with van der Waals surface area (Å²) >= 11 is 1.38. The van der Waals surface area contributed by atoms with Gasteiger partial charge in [0.05, 0.1) is 0 Å². The number of carbonyl (C=O) groups excluding carboxylic acids is 1. The summed E-state index contributed by atoms with van der Waals surface area (Å²) in [6, 6.07) is 8.69. The molecule has 9 heteroatoms. The molecule has 0 spiro atoms. The number of amides is 1. The van der Waals surface area contributed by atoms with E-state index in [-0.39, 0.29) is 24.7 Å². The average Bonchev–Trinajstić information content (AvgIpc) is 2.62. The van der Waals surface area contributed by atoms with Gasteiger partial charge in [-0.05, 0) is 35.7 Å². The first-order valence-electron chi connectivity index (χ1n) is 8.30. The highest BCUT2D eigenvalue weighted by molar-refractivity contribution is 7.98. The molecule has 0 unspecified atom stereocenters. The van der Waals surface area contributed by atoms with Crippen molar-refractivity contribution in [2.24, 2.45) is 0 Å². The molecule has 0 radical (unpaired) electrons. The Labute approximate surface area is 160 Å². The first-order valence-corrected chi connectivity index (χ1v) is 10.9. The van der Waals surface area contributed by atoms with Crippen LogP contribution >= 0.6 is 11.8 Å². The second-order valence-corrected chi connectivity index (χ2v) is 8.87. The van der Waals surface area contributed by atoms with Crippen LogP contribution < -0.4 is 10.0 Å². The molecule has 1 amide bonds. The molecule has 0 saturated heterocycles. The minimum Gasteiger partial charge on any atom is -0.326 e. The van der Waals surface area contributed by atoms with Gasteiger partial charge in [0.2, 0.25) is 15.9 Å². The number of rotatable bonds is 7. The summed E-state index contributed by atoms with van der Waals surface area (Å²) < 4.78 is 54.9. The van der Waals surface area contributed by atoms with Crippen molar-refractivity contribution in [3.63, 3.8) is 0 Å². The van der Waals surface area contributed by atoms with E-state index in [0.29, 0.717) is 34.7 Å². The third-order valence-electron chi connectivity index (χ3n) is 4.10. The number of benzene rings is 2. The van der Waals surface area contributed by atoms with Gasteiger partial charge in [-0.25, -0.2) is 21.9 Å². The van der Waals surface area contributed by atoms with Gasteiger partial charge in [-0.3, -0.25) is 4.79 Å². The minimum absolute atomic E-state index is 0.0920. The Balaban J connectivity index is 1.59. The van der Waals surface area contributed by atoms with Crippen molar-refractivity contribution in [3.8, 4) is 0 Å². The van der Waals surface area contributed by atoms with E-state index in [0.717, 1.165) is 6.07 Å². The predicted molar refractivity (Wildman–Crippen MR) is 101 cm³/mol. The first kappa shape index (κ1) is 19.8. The van der Waals surface area contributed by atoms with E-state index in [2.05, 4.69) is 10.0 Å². The van der Waals surface area contributed by atoms with Gasteiger partial charge in [-0.15, -0.1) is 0 Å². The molecule has 2 aromatic rings. The van der Waals surface area contributed by atoms with Gasteiger partial charge in [0, 0.05) is 30.2 Å². The van der Waals surface area contributed by atoms with Crippen molar-refractivity contribution < 1.29 is 22.0 Å². The van der Waals surface area contributed by atoms with E-state index in [9.17, 15) is 22.0 Å². The van der Waals surface area contributed by atoms with Gasteiger partial charge in [-0.2, -0.15) is 11.8 Å². The summed E-state index contributed by atoms with van der Waals surface area (Å²) in [6.07, 6.45) is 0.598. The van der Waals surface area contributed by atoms with Crippen molar-refractivity contribution in [1.29, 1.82) is 0 Å². The van der Waals surface area contributed by atoms with Crippen LogP contribution in [0.5, 0.6) is 0 Å². The predicted octanol–water partition coefficient (Wildman–Crippen LogP) is 3.06. The van der Waals surface area contributed by atoms with Crippen LogP contribution in [0.25, 0.3) is 0 Å². The molecule has 5 nitrogen and oxygen atoms in total. The molecule has 0 aromatic heterocycles. The highest BCUT2D eigenvalue weighted by Gasteiger charge is 2.24. The summed E-state index contributed by atoms with van der Waals surface area (Å²) in [6.45, 7) is 0.0920. The molecular weight excluding hydrogens is 394 g/mol. The Morgan fingerprint density at radius 3 is 2.67 bits per heavy atom. The third kappa shape index (κ3) is 4.85. The Hall–Kier alpha value is -1.97. The van der Waals surface area contributed by atoms with Crippen LogP contribution in [0.4, 0.5) is 14.5 Å². The molecule has 27 heavy (non-hydrogen) atoms. The number of halogens is 2. The van der Waals surface area contributed by atoms with Crippen LogP contribution in [0.15, 0.2) is 41.3 Å². The van der Waals surface area contributed by atoms with E-state index in [1.165, 1.54) is 23.9 Å². The zero-order valence-electron chi connectivity index (χ0n) is 14.3. The minimum atomic E-state index is -4.02. The lowest BCUT2D eigenvalue weighted by molar-refractivity contribution is -0.116. The van der Waals surface area contributed by atoms with Gasteiger partial charge >= 0.3 is 0 Å². The second-order valence-electron chi connectivity index (χ2n) is 6.03. The maximum Gasteiger partial charge on any atom is 0.243 e. The highest BCUT2D eigenvalue weighted by Crippen LogP contribution is 2.28. The van der Waals surface area contributed by atoms with Crippen molar-refractivity contribution >= 4 is 33.4 Å². The van der Waals surface area contributed by atoms with Gasteiger partial charge in [-0.1, -0.05) is 18.2 Å². The SMILES string of the molecule is O=C1CCc2cc(S(=O)(=O)NCCSCc3ccccc3F)c(F)cc2N1. The van der Waals surface area contributed by atoms with Crippen molar-refractivity contribution in [3.05, 3.63) is 59.2 Å². The van der Waals surface area contributed by atoms with Gasteiger partial charge in [0.25, 0.3) is 0 Å². The van der Waals surface area contributed by atoms with Crippen molar-refractivity contribution in [2.45, 2.75) is 23.5 Å². The van der Waals surface area contributed by atoms with Gasteiger partial charge in [0.15, 0.2) is 0 Å². The summed E-state index contributed by atoms with van der Waals surface area (Å²) in [5, 5.41) is 2.53. The zero-order valence-corrected chi connectivity index (χ0v) is 15.9. The second kappa shape index (κ2) is 8.37. The molecule has 0 atom stereocenters. The summed E-state index contributed by atoms with van der Waals surface area (Å²) in [5.74, 6) is -0.601. The van der Waals surface area contributed by atoms with E-state index >= 15 is 0 Å². The summed E-state index contributed by atoms with van der Waals surface area (Å²) in [7, 11) is -4.02. The summed E-state index contributed by atoms with van der Waals surface area (Å²) in [5.41, 5.74) is 1.45. The number of anilines is 1. The lowest BCUT2D eigenvalue weighted by atomic mass is 10.0. The fourth-order valence-electron chi connectivity index (χ4n) is 2.71. The van der Waals surface area contributed by atoms with Gasteiger partial charge in [0.1, 0.15) is 16.5 Å². The number of hydrogen-bond acceptors (Lipinski definition) is 4. The third-order valence-corrected chi connectivity index (χ3v) is 6.58. The number of carbonyl (C=O) groups is 1. The maximum absolute atomic E-state index is 14.2. The van der Waals surface area contributed by atoms with Crippen LogP contribution in [0, 0.1) is 11.6 Å². The van der Waals surface area contributed by atoms with E-state index in [1.54, 1.807) is 18.2 Å². The number of sulfonamides is 1. The molecule has 1 heterocycles. The standard InChI is InChI=1S/C18H18F2N2O3S2/c19-14-4-2-1-3-13(14)11-26-8-7-21-27(24,25)17-9-12-5-6-18(23)22-16(12)10-15(17)20/h1-4,9-10,21H,5-8,11H2,(H,22,23). The molecule has 0 aliphatic carbocycles. The van der Waals surface area contributed by atoms with Crippen LogP contribution in [-0.2, 0) is 27.0 Å². The van der Waals surface area contributed by atoms with Crippen LogP contribution in [0.2, 0.25) is 0 Å². The topological polar surface area (TPSA) is 75.3 Å². The molecule has 2 N–H and O–H groups in total. The fourth-order valence-corrected chi connectivity index (χ4v) is 4.82. The maximum atomic E-state index is 14.2. The Morgan fingerprint density at radius 1 is 1.11 bits per heavy atom. The molecule has 0 fully saturated rings. The first-order chi connectivity index (χ1) is 12.9. The fraction of sp³-hybridized carbons (Fsp3) is 0.278. The zero-order chi connectivity index (χ0) is 19.4. The van der Waals surface area contributed by atoms with Crippen molar-refractivity contribution in [2.75, 3.05) is 17.6 Å². The summed E-state index contributed by atoms with van der Waals surface area (Å²) in [4.78, 5) is 10.9. The quantitative estimate of drug-likeness (QED) is 0.686. The highest BCUT2D eigenvalue weighted by atomic mass is 32.2. The molecule has 144 valence electrons. The Bertz CT molecular complexity index is 965. The molecule has 0 saturated carbocycles. The number of nitrogens with one attached hydrogen (secondary N) is 2. The average molecular weight is 412 g/mol. The number of hydrogen-bond donors (Lipinski definition) is 2. The monoisotopic (exact) mass is 412 g/mol. The van der Waals surface area contributed by atoms with E-state index in [4.69, 9.17) is 0 Å². The van der Waals surface area contributed by atoms with Crippen LogP contribution in [0.1, 0.15) is 17.5 Å². The number of aryl methyl sites for hydroxylation is 1. The van der Waals surface area contributed by atoms with Crippen LogP contribution in [-0.4, -0.2) is 26.6 Å². The lowest BCUT2D eigenvalue weighted by Gasteiger charge is -2.18. The molecule has 0 bridgehead atoms. The Kier molecular flexibility index (Phi) is 6.13. The smallest absolute Gasteiger partial charge is 0.243 e. The molecule has 2 aromatic carbocycles. The van der Waals surface area contributed by atoms with E-state index < -0.39 is 20.7 Å². The molecule has 3 rings (SSSR count). The molecule has 1 aliphatic heterocycles. The van der Waals surface area contributed by atoms with Gasteiger partial charge < -0.3 is 5.32 Å².